The van der Waals surface area contributed by atoms with Crippen molar-refractivity contribution in [2.24, 2.45) is 17.6 Å². The fourth-order valence-corrected chi connectivity index (χ4v) is 3.97. The molecule has 1 heterocycles. The van der Waals surface area contributed by atoms with Gasteiger partial charge in [0.05, 0.1) is 6.54 Å². The van der Waals surface area contributed by atoms with Crippen LogP contribution < -0.4 is 10.5 Å². The maximum absolute atomic E-state index is 12.1. The monoisotopic (exact) mass is 336 g/mol. The van der Waals surface area contributed by atoms with Crippen molar-refractivity contribution in [1.82, 2.24) is 4.72 Å². The molecule has 102 valence electrons. The van der Waals surface area contributed by atoms with Crippen molar-refractivity contribution in [3.8, 4) is 0 Å². The second-order valence-corrected chi connectivity index (χ2v) is 7.18. The minimum atomic E-state index is -3.53. The molecule has 0 saturated heterocycles. The summed E-state index contributed by atoms with van der Waals surface area (Å²) < 4.78 is 32.2. The van der Waals surface area contributed by atoms with Gasteiger partial charge in [-0.1, -0.05) is 6.92 Å². The Balaban J connectivity index is 2.06. The molecule has 1 aromatic rings. The predicted molar refractivity (Wildman–Crippen MR) is 71.4 cm³/mol. The largest absolute Gasteiger partial charge is 0.452 e. The average Bonchev–Trinajstić information content (AvgIpc) is 3.09. The van der Waals surface area contributed by atoms with Crippen LogP contribution in [0.3, 0.4) is 0 Å². The first-order valence-electron chi connectivity index (χ1n) is 5.92. The summed E-state index contributed by atoms with van der Waals surface area (Å²) in [6.07, 6.45) is 2.41. The summed E-state index contributed by atoms with van der Waals surface area (Å²) in [6.45, 7) is 2.70. The number of nitrogens with one attached hydrogen (secondary N) is 1. The van der Waals surface area contributed by atoms with Gasteiger partial charge in [-0.25, -0.2) is 13.1 Å². The highest BCUT2D eigenvalue weighted by Crippen LogP contribution is 2.36. The summed E-state index contributed by atoms with van der Waals surface area (Å²) in [5.41, 5.74) is 5.42. The first-order valence-corrected chi connectivity index (χ1v) is 8.19. The van der Waals surface area contributed by atoms with Crippen molar-refractivity contribution < 1.29 is 12.8 Å². The fourth-order valence-electron chi connectivity index (χ4n) is 1.83. The Bertz CT molecular complexity index is 522. The lowest BCUT2D eigenvalue weighted by Crippen LogP contribution is -2.29. The van der Waals surface area contributed by atoms with E-state index in [1.54, 1.807) is 0 Å². The summed E-state index contributed by atoms with van der Waals surface area (Å²) in [6, 6.07) is 1.45. The van der Waals surface area contributed by atoms with E-state index in [0.717, 1.165) is 0 Å². The van der Waals surface area contributed by atoms with E-state index in [4.69, 9.17) is 10.2 Å². The van der Waals surface area contributed by atoms with Gasteiger partial charge in [-0.2, -0.15) is 0 Å². The number of hydrogen-bond acceptors (Lipinski definition) is 4. The van der Waals surface area contributed by atoms with Gasteiger partial charge in [-0.05, 0) is 40.6 Å². The number of hydrogen-bond donors (Lipinski definition) is 2. The molecule has 1 fully saturated rings. The van der Waals surface area contributed by atoms with Crippen molar-refractivity contribution in [3.05, 3.63) is 16.5 Å². The van der Waals surface area contributed by atoms with Crippen molar-refractivity contribution in [2.75, 3.05) is 6.54 Å². The lowest BCUT2D eigenvalue weighted by Gasteiger charge is -2.11. The first kappa shape index (κ1) is 14.0. The molecule has 0 spiro atoms. The number of halogens is 1. The SMILES string of the molecule is CC(CNS(=O)(=O)c1cc(CN)oc1Br)C1CC1. The molecule has 3 N–H and O–H groups in total. The summed E-state index contributed by atoms with van der Waals surface area (Å²) >= 11 is 3.10. The van der Waals surface area contributed by atoms with Gasteiger partial charge in [0.15, 0.2) is 4.67 Å². The van der Waals surface area contributed by atoms with E-state index in [9.17, 15) is 8.42 Å². The summed E-state index contributed by atoms with van der Waals surface area (Å²) in [4.78, 5) is 0.117. The molecule has 0 aliphatic heterocycles. The van der Waals surface area contributed by atoms with Crippen molar-refractivity contribution in [1.29, 1.82) is 0 Å². The van der Waals surface area contributed by atoms with Crippen molar-refractivity contribution >= 4 is 26.0 Å². The molecule has 0 bridgehead atoms. The number of furan rings is 1. The van der Waals surface area contributed by atoms with Gasteiger partial charge in [-0.15, -0.1) is 0 Å². The van der Waals surface area contributed by atoms with E-state index in [1.807, 2.05) is 0 Å². The Kier molecular flexibility index (Phi) is 4.15. The molecular formula is C11H17BrN2O3S. The number of nitrogens with two attached hydrogens (primary N) is 1. The molecule has 2 rings (SSSR count). The highest BCUT2D eigenvalue weighted by Gasteiger charge is 2.29. The lowest BCUT2D eigenvalue weighted by molar-refractivity contribution is 0.479. The Labute approximate surface area is 115 Å². The van der Waals surface area contributed by atoms with Crippen LogP contribution >= 0.6 is 15.9 Å². The van der Waals surface area contributed by atoms with E-state index in [2.05, 4.69) is 27.6 Å². The molecule has 5 nitrogen and oxygen atoms in total. The van der Waals surface area contributed by atoms with Crippen molar-refractivity contribution in [3.63, 3.8) is 0 Å². The average molecular weight is 337 g/mol. The predicted octanol–water partition coefficient (Wildman–Crippen LogP) is 1.83. The Hall–Kier alpha value is -0.370. The van der Waals surface area contributed by atoms with Crippen LogP contribution in [0.2, 0.25) is 0 Å². The maximum Gasteiger partial charge on any atom is 0.244 e. The van der Waals surface area contributed by atoms with E-state index >= 15 is 0 Å². The maximum atomic E-state index is 12.1. The second kappa shape index (κ2) is 5.32. The molecule has 1 aromatic heterocycles. The van der Waals surface area contributed by atoms with Crippen LogP contribution in [-0.2, 0) is 16.6 Å². The van der Waals surface area contributed by atoms with E-state index in [-0.39, 0.29) is 16.1 Å². The van der Waals surface area contributed by atoms with Crippen LogP contribution in [-0.4, -0.2) is 15.0 Å². The normalized spacial score (nSPS) is 17.9. The zero-order valence-electron chi connectivity index (χ0n) is 10.1. The zero-order chi connectivity index (χ0) is 13.3. The van der Waals surface area contributed by atoms with E-state index in [1.165, 1.54) is 18.9 Å². The third-order valence-electron chi connectivity index (χ3n) is 3.22. The van der Waals surface area contributed by atoms with Crippen LogP contribution in [0.15, 0.2) is 20.0 Å². The molecule has 18 heavy (non-hydrogen) atoms. The van der Waals surface area contributed by atoms with Crippen LogP contribution in [0, 0.1) is 11.8 Å². The number of rotatable bonds is 6. The standard InChI is InChI=1S/C11H17BrN2O3S/c1-7(8-2-3-8)6-14-18(15,16)10-4-9(5-13)17-11(10)12/h4,7-8,14H,2-3,5-6,13H2,1H3. The Morgan fingerprint density at radius 3 is 2.78 bits per heavy atom. The number of sulfonamides is 1. The smallest absolute Gasteiger partial charge is 0.244 e. The van der Waals surface area contributed by atoms with Crippen LogP contribution in [0.25, 0.3) is 0 Å². The molecule has 0 radical (unpaired) electrons. The minimum Gasteiger partial charge on any atom is -0.452 e. The molecule has 1 aliphatic carbocycles. The summed E-state index contributed by atoms with van der Waals surface area (Å²) in [5, 5.41) is 0. The molecule has 1 aliphatic rings. The zero-order valence-corrected chi connectivity index (χ0v) is 12.6. The third kappa shape index (κ3) is 3.14. The quantitative estimate of drug-likeness (QED) is 0.829. The van der Waals surface area contributed by atoms with E-state index < -0.39 is 10.0 Å². The highest BCUT2D eigenvalue weighted by atomic mass is 79.9. The third-order valence-corrected chi connectivity index (χ3v) is 5.50. The van der Waals surface area contributed by atoms with Gasteiger partial charge in [0.2, 0.25) is 10.0 Å². The van der Waals surface area contributed by atoms with Gasteiger partial charge in [-0.3, -0.25) is 0 Å². The topological polar surface area (TPSA) is 85.3 Å². The molecule has 7 heteroatoms. The van der Waals surface area contributed by atoms with Crippen LogP contribution in [0.5, 0.6) is 0 Å². The minimum absolute atomic E-state index is 0.117. The van der Waals surface area contributed by atoms with Crippen LogP contribution in [0.4, 0.5) is 0 Å². The van der Waals surface area contributed by atoms with E-state index in [0.29, 0.717) is 24.1 Å². The Morgan fingerprint density at radius 2 is 2.28 bits per heavy atom. The molecule has 0 amide bonds. The molecule has 1 saturated carbocycles. The summed E-state index contributed by atoms with van der Waals surface area (Å²) in [7, 11) is -3.53. The fraction of sp³-hybridized carbons (Fsp3) is 0.636. The van der Waals surface area contributed by atoms with Crippen LogP contribution in [0.1, 0.15) is 25.5 Å². The Morgan fingerprint density at radius 1 is 1.61 bits per heavy atom. The highest BCUT2D eigenvalue weighted by molar-refractivity contribution is 9.10. The molecule has 1 atom stereocenters. The first-order chi connectivity index (χ1) is 8.44. The van der Waals surface area contributed by atoms with Gasteiger partial charge in [0.25, 0.3) is 0 Å². The molecule has 1 unspecified atom stereocenters. The van der Waals surface area contributed by atoms with Gasteiger partial charge >= 0.3 is 0 Å². The van der Waals surface area contributed by atoms with Gasteiger partial charge in [0.1, 0.15) is 10.7 Å². The summed E-state index contributed by atoms with van der Waals surface area (Å²) in [5.74, 6) is 1.48. The molecule has 0 aromatic carbocycles. The van der Waals surface area contributed by atoms with Crippen molar-refractivity contribution in [2.45, 2.75) is 31.2 Å². The molecular weight excluding hydrogens is 320 g/mol. The van der Waals surface area contributed by atoms with Gasteiger partial charge in [0, 0.05) is 12.6 Å². The lowest BCUT2D eigenvalue weighted by atomic mass is 10.1. The second-order valence-electron chi connectivity index (χ2n) is 4.72. The van der Waals surface area contributed by atoms with Gasteiger partial charge < -0.3 is 10.2 Å².